The first-order valence-corrected chi connectivity index (χ1v) is 7.53. The molecule has 0 radical (unpaired) electrons. The summed E-state index contributed by atoms with van der Waals surface area (Å²) in [6.45, 7) is 5.20. The van der Waals surface area contributed by atoms with Gasteiger partial charge in [0.2, 0.25) is 0 Å². The second-order valence-corrected chi connectivity index (χ2v) is 5.47. The van der Waals surface area contributed by atoms with Crippen LogP contribution in [0.15, 0.2) is 47.6 Å². The second-order valence-electron chi connectivity index (χ2n) is 5.03. The van der Waals surface area contributed by atoms with Crippen LogP contribution >= 0.6 is 11.6 Å². The van der Waals surface area contributed by atoms with Crippen molar-refractivity contribution in [2.75, 3.05) is 7.05 Å². The Kier molecular flexibility index (Phi) is 5.29. The summed E-state index contributed by atoms with van der Waals surface area (Å²) in [6, 6.07) is 12.8. The molecule has 0 bridgehead atoms. The lowest BCUT2D eigenvalue weighted by molar-refractivity contribution is -0.125. The van der Waals surface area contributed by atoms with Crippen LogP contribution in [0.25, 0.3) is 11.1 Å². The highest BCUT2D eigenvalue weighted by atomic mass is 35.5. The van der Waals surface area contributed by atoms with E-state index < -0.39 is 11.7 Å². The van der Waals surface area contributed by atoms with E-state index in [4.69, 9.17) is 11.6 Å². The first-order chi connectivity index (χ1) is 11.0. The van der Waals surface area contributed by atoms with Gasteiger partial charge in [-0.25, -0.2) is 5.01 Å². The van der Waals surface area contributed by atoms with E-state index in [-0.39, 0.29) is 0 Å². The van der Waals surface area contributed by atoms with Gasteiger partial charge in [0.1, 0.15) is 0 Å². The highest BCUT2D eigenvalue weighted by Crippen LogP contribution is 2.25. The summed E-state index contributed by atoms with van der Waals surface area (Å²) < 4.78 is 0. The molecule has 2 rings (SSSR count). The molecule has 0 aliphatic carbocycles. The molecule has 0 N–H and O–H groups in total. The Bertz CT molecular complexity index is 754. The van der Waals surface area contributed by atoms with Gasteiger partial charge in [-0.3, -0.25) is 9.59 Å². The third-order valence-electron chi connectivity index (χ3n) is 3.61. The molecule has 1 amide bonds. The number of carbonyl (C=O) groups excluding carboxylic acids is 2. The van der Waals surface area contributed by atoms with Crippen LogP contribution in [0.2, 0.25) is 5.02 Å². The molecule has 0 unspecified atom stereocenters. The predicted octanol–water partition coefficient (Wildman–Crippen LogP) is 3.83. The fourth-order valence-electron chi connectivity index (χ4n) is 2.24. The van der Waals surface area contributed by atoms with Gasteiger partial charge >= 0.3 is 5.91 Å². The van der Waals surface area contributed by atoms with Crippen LogP contribution in [0.1, 0.15) is 22.8 Å². The average molecular weight is 329 g/mol. The molecule has 2 aromatic carbocycles. The largest absolute Gasteiger partial charge is 0.314 e. The predicted molar refractivity (Wildman–Crippen MR) is 92.9 cm³/mol. The highest BCUT2D eigenvalue weighted by molar-refractivity contribution is 6.43. The van der Waals surface area contributed by atoms with Gasteiger partial charge in [0.05, 0.1) is 0 Å². The van der Waals surface area contributed by atoms with Crippen molar-refractivity contribution in [1.29, 1.82) is 0 Å². The van der Waals surface area contributed by atoms with Gasteiger partial charge in [-0.15, -0.1) is 0 Å². The van der Waals surface area contributed by atoms with E-state index in [0.717, 1.165) is 21.7 Å². The minimum atomic E-state index is -0.706. The lowest BCUT2D eigenvalue weighted by Crippen LogP contribution is -2.29. The molecule has 0 aliphatic heterocycles. The third-order valence-corrected chi connectivity index (χ3v) is 3.87. The maximum Gasteiger partial charge on any atom is 0.314 e. The second kappa shape index (κ2) is 7.20. The molecule has 0 atom stereocenters. The Morgan fingerprint density at radius 1 is 1.13 bits per heavy atom. The zero-order valence-electron chi connectivity index (χ0n) is 13.0. The van der Waals surface area contributed by atoms with Crippen LogP contribution in [0, 0.1) is 0 Å². The van der Waals surface area contributed by atoms with Crippen molar-refractivity contribution in [1.82, 2.24) is 5.01 Å². The fraction of sp³-hybridized carbons (Fsp3) is 0.167. The molecule has 0 fully saturated rings. The molecule has 0 saturated heterocycles. The van der Waals surface area contributed by atoms with E-state index >= 15 is 0 Å². The van der Waals surface area contributed by atoms with Crippen LogP contribution < -0.4 is 0 Å². The molecule has 0 saturated carbocycles. The Balaban J connectivity index is 2.47. The number of likely N-dealkylation sites (N-methyl/N-ethyl adjacent to an activating group) is 1. The number of Topliss-reactive ketones (excluding diaryl/α,β-unsaturated/α-hetero) is 1. The van der Waals surface area contributed by atoms with Gasteiger partial charge in [-0.2, -0.15) is 5.10 Å². The van der Waals surface area contributed by atoms with E-state index in [1.807, 2.05) is 31.2 Å². The number of rotatable bonds is 5. The van der Waals surface area contributed by atoms with Crippen molar-refractivity contribution >= 4 is 30.0 Å². The SMILES string of the molecule is C=NN(C)C(=O)C(=O)c1cc(-c2ccc(Cl)cc2)ccc1CC. The lowest BCUT2D eigenvalue weighted by Gasteiger charge is -2.13. The van der Waals surface area contributed by atoms with Crippen molar-refractivity contribution < 1.29 is 9.59 Å². The minimum Gasteiger partial charge on any atom is -0.283 e. The lowest BCUT2D eigenvalue weighted by atomic mass is 9.95. The molecular weight excluding hydrogens is 312 g/mol. The number of benzene rings is 2. The number of halogens is 1. The van der Waals surface area contributed by atoms with Crippen molar-refractivity contribution in [2.24, 2.45) is 5.10 Å². The summed E-state index contributed by atoms with van der Waals surface area (Å²) in [5, 5.41) is 5.06. The number of hydrogen-bond acceptors (Lipinski definition) is 3. The molecular formula is C18H17ClN2O2. The maximum absolute atomic E-state index is 12.5. The first-order valence-electron chi connectivity index (χ1n) is 7.15. The van der Waals surface area contributed by atoms with Gasteiger partial charge < -0.3 is 0 Å². The average Bonchev–Trinajstić information content (AvgIpc) is 2.59. The van der Waals surface area contributed by atoms with Crippen LogP contribution in [-0.4, -0.2) is 30.5 Å². The number of ketones is 1. The Morgan fingerprint density at radius 3 is 2.30 bits per heavy atom. The third kappa shape index (κ3) is 3.66. The van der Waals surface area contributed by atoms with Crippen LogP contribution in [0.4, 0.5) is 0 Å². The van der Waals surface area contributed by atoms with Crippen molar-refractivity contribution in [3.8, 4) is 11.1 Å². The molecule has 4 nitrogen and oxygen atoms in total. The first kappa shape index (κ1) is 16.9. The monoisotopic (exact) mass is 328 g/mol. The van der Waals surface area contributed by atoms with Gasteiger partial charge in [0.15, 0.2) is 0 Å². The fourth-order valence-corrected chi connectivity index (χ4v) is 2.37. The molecule has 5 heteroatoms. The van der Waals surface area contributed by atoms with E-state index in [2.05, 4.69) is 11.8 Å². The van der Waals surface area contributed by atoms with E-state index in [1.165, 1.54) is 7.05 Å². The topological polar surface area (TPSA) is 49.7 Å². The summed E-state index contributed by atoms with van der Waals surface area (Å²) in [5.74, 6) is -1.30. The van der Waals surface area contributed by atoms with Crippen molar-refractivity contribution in [2.45, 2.75) is 13.3 Å². The summed E-state index contributed by atoms with van der Waals surface area (Å²) in [4.78, 5) is 24.5. The van der Waals surface area contributed by atoms with Gasteiger partial charge in [-0.1, -0.05) is 42.8 Å². The van der Waals surface area contributed by atoms with Crippen molar-refractivity contribution in [3.05, 3.63) is 58.6 Å². The van der Waals surface area contributed by atoms with E-state index in [1.54, 1.807) is 18.2 Å². The van der Waals surface area contributed by atoms with Gasteiger partial charge in [-0.05, 0) is 41.3 Å². The van der Waals surface area contributed by atoms with Gasteiger partial charge in [0.25, 0.3) is 5.78 Å². The number of hydrazone groups is 1. The molecule has 118 valence electrons. The zero-order chi connectivity index (χ0) is 17.0. The number of nitrogens with zero attached hydrogens (tertiary/aromatic N) is 2. The minimum absolute atomic E-state index is 0.389. The maximum atomic E-state index is 12.5. The number of amides is 1. The molecule has 0 spiro atoms. The van der Waals surface area contributed by atoms with Crippen LogP contribution in [-0.2, 0) is 11.2 Å². The van der Waals surface area contributed by atoms with E-state index in [9.17, 15) is 9.59 Å². The van der Waals surface area contributed by atoms with Crippen LogP contribution in [0.5, 0.6) is 0 Å². The van der Waals surface area contributed by atoms with Gasteiger partial charge in [0, 0.05) is 24.4 Å². The summed E-state index contributed by atoms with van der Waals surface area (Å²) in [7, 11) is 1.40. The number of carbonyl (C=O) groups is 2. The molecule has 0 heterocycles. The Labute approximate surface area is 140 Å². The Morgan fingerprint density at radius 2 is 1.74 bits per heavy atom. The molecule has 0 aromatic heterocycles. The zero-order valence-corrected chi connectivity index (χ0v) is 13.8. The van der Waals surface area contributed by atoms with E-state index in [0.29, 0.717) is 17.0 Å². The van der Waals surface area contributed by atoms with Crippen molar-refractivity contribution in [3.63, 3.8) is 0 Å². The Hall–Kier alpha value is -2.46. The number of aryl methyl sites for hydroxylation is 1. The molecule has 23 heavy (non-hydrogen) atoms. The summed E-state index contributed by atoms with van der Waals surface area (Å²) in [6.07, 6.45) is 0.653. The number of hydrogen-bond donors (Lipinski definition) is 0. The standard InChI is InChI=1S/C18H17ClN2O2/c1-4-12-5-6-14(13-7-9-15(19)10-8-13)11-16(12)17(22)18(23)21(3)20-2/h5-11H,2,4H2,1,3H3. The van der Waals surface area contributed by atoms with Crippen LogP contribution in [0.3, 0.4) is 0 Å². The summed E-state index contributed by atoms with van der Waals surface area (Å²) in [5.41, 5.74) is 2.98. The molecule has 2 aromatic rings. The summed E-state index contributed by atoms with van der Waals surface area (Å²) >= 11 is 5.90. The normalized spacial score (nSPS) is 10.2. The quantitative estimate of drug-likeness (QED) is 0.362. The highest BCUT2D eigenvalue weighted by Gasteiger charge is 2.22. The smallest absolute Gasteiger partial charge is 0.283 e. The molecule has 0 aliphatic rings.